The molecule has 5 heterocycles. The second-order valence-electron chi connectivity index (χ2n) is 13.9. The summed E-state index contributed by atoms with van der Waals surface area (Å²) in [4.78, 5) is 71.1. The van der Waals surface area contributed by atoms with Gasteiger partial charge in [0.1, 0.15) is 0 Å². The van der Waals surface area contributed by atoms with Crippen molar-refractivity contribution in [3.8, 4) is 0 Å². The number of rotatable bonds is 7. The van der Waals surface area contributed by atoms with Crippen LogP contribution in [0.25, 0.3) is 11.0 Å². The number of alkyl halides is 2. The molecule has 0 unspecified atom stereocenters. The van der Waals surface area contributed by atoms with Gasteiger partial charge in [0.05, 0.1) is 47.2 Å². The summed E-state index contributed by atoms with van der Waals surface area (Å²) in [5.74, 6) is -1.81. The third-order valence-electron chi connectivity index (χ3n) is 9.47. The van der Waals surface area contributed by atoms with Gasteiger partial charge in [-0.15, -0.1) is 11.3 Å². The number of carbonyl (C=O) groups excluding carboxylic acids is 5. The summed E-state index contributed by atoms with van der Waals surface area (Å²) in [6.07, 6.45) is 1.42. The van der Waals surface area contributed by atoms with Gasteiger partial charge in [0.15, 0.2) is 0 Å². The number of imidazole rings is 1. The Bertz CT molecular complexity index is 1860. The Labute approximate surface area is 368 Å². The molecule has 0 bridgehead atoms. The van der Waals surface area contributed by atoms with E-state index in [0.717, 1.165) is 127 Å². The number of aromatic nitrogens is 2. The first kappa shape index (κ1) is 49.6. The van der Waals surface area contributed by atoms with Gasteiger partial charge >= 0.3 is 41.5 Å². The van der Waals surface area contributed by atoms with Crippen molar-refractivity contribution in [2.24, 2.45) is 5.41 Å². The maximum atomic E-state index is 13.1. The molecule has 2 aromatic heterocycles. The Morgan fingerprint density at radius 2 is 1.63 bits per heavy atom. The third-order valence-corrected chi connectivity index (χ3v) is 10.6. The van der Waals surface area contributed by atoms with Gasteiger partial charge in [0, 0.05) is 72.6 Å². The third kappa shape index (κ3) is 15.3. The molecular weight excluding hydrogens is 804 g/mol. The van der Waals surface area contributed by atoms with Crippen molar-refractivity contribution in [3.63, 3.8) is 0 Å². The monoisotopic (exact) mass is 853 g/mol. The molecular formula is C38H49BF2N6NaO10S. The van der Waals surface area contributed by atoms with Gasteiger partial charge in [0.2, 0.25) is 17.8 Å². The molecule has 1 aromatic carbocycles. The minimum Gasteiger partial charge on any atom is -0.793 e. The number of hydrogen-bond acceptors (Lipinski definition) is 14. The topological polar surface area (TPSA) is 180 Å². The molecule has 4 aliphatic rings. The molecule has 1 aliphatic carbocycles. The van der Waals surface area contributed by atoms with Crippen LogP contribution in [0.15, 0.2) is 43.0 Å². The van der Waals surface area contributed by atoms with Crippen molar-refractivity contribution in [3.05, 3.63) is 58.3 Å². The number of anilines is 1. The molecule has 3 radical (unpaired) electrons. The van der Waals surface area contributed by atoms with Gasteiger partial charge in [-0.2, -0.15) is 0 Å². The number of thiophene rings is 1. The number of amides is 2. The summed E-state index contributed by atoms with van der Waals surface area (Å²) >= 11 is 0.791. The normalized spacial score (nSPS) is 19.6. The molecule has 315 valence electrons. The minimum atomic E-state index is -2.61. The molecule has 3 aliphatic heterocycles. The van der Waals surface area contributed by atoms with Gasteiger partial charge in [-0.25, -0.2) is 33.1 Å². The second-order valence-corrected chi connectivity index (χ2v) is 15.0. The van der Waals surface area contributed by atoms with E-state index < -0.39 is 30.2 Å². The molecule has 0 atom stereocenters. The Hall–Kier alpha value is -3.76. The van der Waals surface area contributed by atoms with Crippen LogP contribution in [0, 0.1) is 5.41 Å². The standard InChI is InChI=1S/C28H31F2N5O3S.C4H9NO.C4H6O4.C2H3BO2.Na/c1-2-24(36)34-8-7-28(17-34)14-19(15-28)35-21-4-3-18(16-33-9-11-38-12-10-33)13-20(21)31-27(35)32-26(37)23-6-5-22(39-23)25(29)30;1-3-6-4-2-5-1;1-3(5)7-8-4(2)6;1-2(4)5-3;/h2-6,13,19,25H,1,7-12,14-17H2,(H,31,32,37);5H,1-4H2;1-2H3;1H3;/q;;;-1;+1. The number of fused-ring (bicyclic) bond motifs is 1. The van der Waals surface area contributed by atoms with Crippen LogP contribution in [-0.2, 0) is 49.6 Å². The molecule has 1 spiro atoms. The van der Waals surface area contributed by atoms with E-state index in [-0.39, 0.29) is 56.7 Å². The molecule has 21 heteroatoms. The van der Waals surface area contributed by atoms with Crippen LogP contribution in [0.3, 0.4) is 0 Å². The van der Waals surface area contributed by atoms with Crippen molar-refractivity contribution in [1.82, 2.24) is 24.7 Å². The van der Waals surface area contributed by atoms with Crippen molar-refractivity contribution < 1.29 is 86.2 Å². The Kier molecular flexibility index (Phi) is 20.6. The van der Waals surface area contributed by atoms with E-state index >= 15 is 0 Å². The van der Waals surface area contributed by atoms with Crippen LogP contribution in [0.2, 0.25) is 0 Å². The Morgan fingerprint density at radius 3 is 2.14 bits per heavy atom. The average molecular weight is 854 g/mol. The Morgan fingerprint density at radius 1 is 1.00 bits per heavy atom. The van der Waals surface area contributed by atoms with Crippen LogP contribution >= 0.6 is 11.3 Å². The number of morpholine rings is 2. The molecule has 2 N–H and O–H groups in total. The number of hydrogen-bond donors (Lipinski definition) is 2. The van der Waals surface area contributed by atoms with E-state index in [0.29, 0.717) is 12.5 Å². The number of nitrogens with one attached hydrogen (secondary N) is 2. The number of halogens is 2. The van der Waals surface area contributed by atoms with E-state index in [1.807, 2.05) is 4.90 Å². The molecule has 4 fully saturated rings. The summed E-state index contributed by atoms with van der Waals surface area (Å²) in [6, 6.07) is 9.04. The van der Waals surface area contributed by atoms with Gasteiger partial charge in [-0.1, -0.05) is 12.6 Å². The minimum absolute atomic E-state index is 0. The molecule has 3 saturated heterocycles. The predicted molar refractivity (Wildman–Crippen MR) is 210 cm³/mol. The number of carbonyl (C=O) groups is 5. The zero-order valence-electron chi connectivity index (χ0n) is 33.8. The average Bonchev–Trinajstić information content (AvgIpc) is 3.96. The zero-order chi connectivity index (χ0) is 42.2. The van der Waals surface area contributed by atoms with Crippen molar-refractivity contribution in [2.45, 2.75) is 59.0 Å². The quantitative estimate of drug-likeness (QED) is 0.150. The number of ether oxygens (including phenoxy) is 2. The first-order valence-corrected chi connectivity index (χ1v) is 19.5. The largest absolute Gasteiger partial charge is 1.00 e. The summed E-state index contributed by atoms with van der Waals surface area (Å²) in [7, 11) is 4.32. The first-order chi connectivity index (χ1) is 27.7. The molecule has 7 rings (SSSR count). The zero-order valence-corrected chi connectivity index (χ0v) is 36.7. The summed E-state index contributed by atoms with van der Waals surface area (Å²) in [5.41, 5.74) is 2.89. The number of benzene rings is 1. The fourth-order valence-corrected chi connectivity index (χ4v) is 7.57. The fourth-order valence-electron chi connectivity index (χ4n) is 6.81. The van der Waals surface area contributed by atoms with Crippen LogP contribution in [0.5, 0.6) is 0 Å². The van der Waals surface area contributed by atoms with E-state index in [9.17, 15) is 32.8 Å². The van der Waals surface area contributed by atoms with E-state index in [1.54, 1.807) is 0 Å². The number of nitrogens with zero attached hydrogens (tertiary/aromatic N) is 4. The van der Waals surface area contributed by atoms with E-state index in [2.05, 4.69) is 67.4 Å². The van der Waals surface area contributed by atoms with Crippen LogP contribution in [0.1, 0.15) is 72.6 Å². The molecule has 16 nitrogen and oxygen atoms in total. The van der Waals surface area contributed by atoms with Crippen LogP contribution < -0.4 is 40.2 Å². The molecule has 3 aromatic rings. The molecule has 2 amide bonds. The predicted octanol–water partition coefficient (Wildman–Crippen LogP) is 1.13. The number of likely N-dealkylation sites (tertiary alicyclic amines) is 1. The van der Waals surface area contributed by atoms with Crippen molar-refractivity contribution in [1.29, 1.82) is 0 Å². The summed E-state index contributed by atoms with van der Waals surface area (Å²) < 4.78 is 42.4. The van der Waals surface area contributed by atoms with Crippen LogP contribution in [-0.4, -0.2) is 123 Å². The first-order valence-electron chi connectivity index (χ1n) is 18.7. The molecule has 59 heavy (non-hydrogen) atoms. The second kappa shape index (κ2) is 24.5. The van der Waals surface area contributed by atoms with E-state index in [1.165, 1.54) is 25.1 Å². The van der Waals surface area contributed by atoms with Crippen molar-refractivity contribution >= 4 is 66.1 Å². The maximum absolute atomic E-state index is 13.1. The van der Waals surface area contributed by atoms with Gasteiger partial charge < -0.3 is 37.0 Å². The Balaban J connectivity index is 0.000000385. The summed E-state index contributed by atoms with van der Waals surface area (Å²) in [6.45, 7) is 16.4. The van der Waals surface area contributed by atoms with Gasteiger partial charge in [-0.3, -0.25) is 24.6 Å². The maximum Gasteiger partial charge on any atom is 1.00 e. The SMILES string of the molecule is C1COCCN1.C=CC(=O)N1CCC2(CC(n3c(NC(=O)c4ccc(C(F)F)s4)nc4cc(CN5CCOCC5)ccc43)C2)C1.CC(=O)OOC(C)=O.[B-]OC(C)=O.[Na+]. The van der Waals surface area contributed by atoms with Crippen LogP contribution in [0.4, 0.5) is 14.7 Å². The van der Waals surface area contributed by atoms with Gasteiger partial charge in [-0.05, 0) is 60.6 Å². The van der Waals surface area contributed by atoms with Gasteiger partial charge in [0.25, 0.3) is 12.3 Å². The van der Waals surface area contributed by atoms with Crippen molar-refractivity contribution in [2.75, 3.05) is 71.0 Å². The smallest absolute Gasteiger partial charge is 0.793 e. The fraction of sp³-hybridized carbons (Fsp3) is 0.526. The van der Waals surface area contributed by atoms with E-state index in [4.69, 9.17) is 14.5 Å². The molecule has 1 saturated carbocycles. The summed E-state index contributed by atoms with van der Waals surface area (Å²) in [5, 5.41) is 6.07.